The van der Waals surface area contributed by atoms with Crippen LogP contribution in [0.15, 0.2) is 36.7 Å². The average Bonchev–Trinajstić information content (AvgIpc) is 2.91. The summed E-state index contributed by atoms with van der Waals surface area (Å²) in [6, 6.07) is 10.3. The molecule has 1 atom stereocenters. The minimum atomic E-state index is -0.799. The first-order chi connectivity index (χ1) is 11.5. The van der Waals surface area contributed by atoms with Gasteiger partial charge in [0.15, 0.2) is 5.82 Å². The first-order valence-electron chi connectivity index (χ1n) is 7.93. The van der Waals surface area contributed by atoms with Gasteiger partial charge in [-0.05, 0) is 12.0 Å². The number of β-amino-alcohol motifs (C(OH)–C–C–N with tert-alkyl or cyclic N) is 1. The Labute approximate surface area is 146 Å². The zero-order chi connectivity index (χ0) is 17.2. The third-order valence-electron chi connectivity index (χ3n) is 4.35. The molecule has 1 saturated heterocycles. The topological polar surface area (TPSA) is 78.5 Å². The highest BCUT2D eigenvalue weighted by Gasteiger charge is 2.37. The predicted octanol–water partition coefficient (Wildman–Crippen LogP) is 1.79. The molecule has 128 valence electrons. The van der Waals surface area contributed by atoms with Crippen LogP contribution in [0.25, 0.3) is 0 Å². The number of benzene rings is 1. The van der Waals surface area contributed by atoms with Crippen molar-refractivity contribution in [3.63, 3.8) is 0 Å². The summed E-state index contributed by atoms with van der Waals surface area (Å²) >= 11 is 6.17. The van der Waals surface area contributed by atoms with Gasteiger partial charge < -0.3 is 15.7 Å². The number of rotatable bonds is 5. The molecule has 1 aromatic heterocycles. The molecular weight excluding hydrogens is 326 g/mol. The zero-order valence-electron chi connectivity index (χ0n) is 13.7. The number of likely N-dealkylation sites (tertiary alicyclic amines) is 1. The summed E-state index contributed by atoms with van der Waals surface area (Å²) in [4.78, 5) is 12.1. The molecule has 1 aromatic carbocycles. The Morgan fingerprint density at radius 2 is 2.08 bits per heavy atom. The van der Waals surface area contributed by atoms with E-state index < -0.39 is 5.60 Å². The minimum absolute atomic E-state index is 0.248. The Morgan fingerprint density at radius 3 is 2.83 bits per heavy atom. The van der Waals surface area contributed by atoms with Gasteiger partial charge in [-0.3, -0.25) is 4.90 Å². The van der Waals surface area contributed by atoms with E-state index >= 15 is 0 Å². The van der Waals surface area contributed by atoms with Crippen LogP contribution in [-0.2, 0) is 6.54 Å². The van der Waals surface area contributed by atoms with E-state index in [4.69, 9.17) is 17.3 Å². The van der Waals surface area contributed by atoms with Crippen molar-refractivity contribution in [2.75, 3.05) is 37.3 Å². The lowest BCUT2D eigenvalue weighted by Gasteiger charge is -2.30. The maximum atomic E-state index is 10.9. The number of nitrogens with two attached hydrogens (primary N) is 1. The van der Waals surface area contributed by atoms with E-state index in [1.165, 1.54) is 11.9 Å². The lowest BCUT2D eigenvalue weighted by molar-refractivity contribution is 0.0561. The zero-order valence-corrected chi connectivity index (χ0v) is 14.4. The molecule has 0 amide bonds. The highest BCUT2D eigenvalue weighted by atomic mass is 35.5. The summed E-state index contributed by atoms with van der Waals surface area (Å²) in [5.74, 6) is 0.789. The molecule has 3 rings (SSSR count). The predicted molar refractivity (Wildman–Crippen MR) is 96.0 cm³/mol. The molecule has 1 aliphatic heterocycles. The van der Waals surface area contributed by atoms with Crippen molar-refractivity contribution < 1.29 is 5.11 Å². The molecule has 7 heteroatoms. The molecule has 0 unspecified atom stereocenters. The molecule has 6 nitrogen and oxygen atoms in total. The normalized spacial score (nSPS) is 21.1. The molecule has 3 N–H and O–H groups in total. The molecule has 1 aliphatic rings. The molecule has 0 aliphatic carbocycles. The number of aliphatic hydroxyl groups is 1. The second-order valence-corrected chi connectivity index (χ2v) is 6.80. The maximum absolute atomic E-state index is 10.9. The van der Waals surface area contributed by atoms with Crippen LogP contribution < -0.4 is 10.6 Å². The molecular formula is C17H22ClN5O. The van der Waals surface area contributed by atoms with Gasteiger partial charge in [-0.25, -0.2) is 9.97 Å². The van der Waals surface area contributed by atoms with E-state index in [1.807, 2.05) is 30.1 Å². The van der Waals surface area contributed by atoms with Crippen molar-refractivity contribution in [3.8, 4) is 0 Å². The maximum Gasteiger partial charge on any atom is 0.152 e. The molecule has 0 bridgehead atoms. The van der Waals surface area contributed by atoms with Crippen molar-refractivity contribution in [3.05, 3.63) is 47.2 Å². The Bertz CT molecular complexity index is 699. The highest BCUT2D eigenvalue weighted by Crippen LogP contribution is 2.29. The summed E-state index contributed by atoms with van der Waals surface area (Å²) in [6.07, 6.45) is 2.09. The summed E-state index contributed by atoms with van der Waals surface area (Å²) in [5.41, 5.74) is 6.18. The van der Waals surface area contributed by atoms with Crippen LogP contribution in [0.1, 0.15) is 12.0 Å². The van der Waals surface area contributed by atoms with Gasteiger partial charge >= 0.3 is 0 Å². The quantitative estimate of drug-likeness (QED) is 0.858. The van der Waals surface area contributed by atoms with E-state index in [2.05, 4.69) is 27.0 Å². The van der Waals surface area contributed by atoms with Gasteiger partial charge in [0.05, 0.1) is 5.60 Å². The number of nitrogens with zero attached hydrogens (tertiary/aromatic N) is 4. The van der Waals surface area contributed by atoms with Crippen molar-refractivity contribution >= 4 is 23.2 Å². The number of hydrogen-bond donors (Lipinski definition) is 2. The fourth-order valence-corrected chi connectivity index (χ4v) is 3.44. The summed E-state index contributed by atoms with van der Waals surface area (Å²) < 4.78 is 0. The molecule has 2 heterocycles. The first-order valence-corrected chi connectivity index (χ1v) is 8.30. The van der Waals surface area contributed by atoms with Crippen LogP contribution in [-0.4, -0.2) is 52.3 Å². The fourth-order valence-electron chi connectivity index (χ4n) is 3.20. The third kappa shape index (κ3) is 3.77. The monoisotopic (exact) mass is 347 g/mol. The minimum Gasteiger partial charge on any atom is -0.387 e. The molecule has 0 saturated carbocycles. The summed E-state index contributed by atoms with van der Waals surface area (Å²) in [7, 11) is 1.85. The van der Waals surface area contributed by atoms with Gasteiger partial charge in [-0.2, -0.15) is 0 Å². The second kappa shape index (κ2) is 6.93. The number of aromatic nitrogens is 2. The standard InChI is InChI=1S/C17H22ClN5O/c1-22(16-14(18)15(19)20-12-21-16)10-17(24)7-8-23(11-17)9-13-5-3-2-4-6-13/h2-6,12,24H,7-11H2,1H3,(H2,19,20,21)/t17-/m1/s1. The Kier molecular flexibility index (Phi) is 4.89. The molecule has 1 fully saturated rings. The molecule has 24 heavy (non-hydrogen) atoms. The Balaban J connectivity index is 1.64. The van der Waals surface area contributed by atoms with Gasteiger partial charge in [0.2, 0.25) is 0 Å². The van der Waals surface area contributed by atoms with Gasteiger partial charge in [0.25, 0.3) is 0 Å². The lowest BCUT2D eigenvalue weighted by atomic mass is 10.0. The van der Waals surface area contributed by atoms with E-state index in [-0.39, 0.29) is 5.82 Å². The van der Waals surface area contributed by atoms with Crippen molar-refractivity contribution in [2.24, 2.45) is 0 Å². The number of hydrogen-bond acceptors (Lipinski definition) is 6. The van der Waals surface area contributed by atoms with Crippen molar-refractivity contribution in [1.82, 2.24) is 14.9 Å². The largest absolute Gasteiger partial charge is 0.387 e. The van der Waals surface area contributed by atoms with Crippen LogP contribution >= 0.6 is 11.6 Å². The van der Waals surface area contributed by atoms with Crippen molar-refractivity contribution in [1.29, 1.82) is 0 Å². The molecule has 0 radical (unpaired) electrons. The Hall–Kier alpha value is -1.89. The number of anilines is 2. The molecule has 0 spiro atoms. The van der Waals surface area contributed by atoms with Crippen LogP contribution in [0.5, 0.6) is 0 Å². The van der Waals surface area contributed by atoms with Crippen LogP contribution in [0.4, 0.5) is 11.6 Å². The SMILES string of the molecule is CN(C[C@]1(O)CCN(Cc2ccccc2)C1)c1ncnc(N)c1Cl. The van der Waals surface area contributed by atoms with Crippen LogP contribution in [0.3, 0.4) is 0 Å². The third-order valence-corrected chi connectivity index (χ3v) is 4.71. The van der Waals surface area contributed by atoms with Gasteiger partial charge in [0.1, 0.15) is 17.2 Å². The lowest BCUT2D eigenvalue weighted by Crippen LogP contribution is -2.44. The molecule has 2 aromatic rings. The summed E-state index contributed by atoms with van der Waals surface area (Å²) in [6.45, 7) is 2.76. The first kappa shape index (κ1) is 17.0. The summed E-state index contributed by atoms with van der Waals surface area (Å²) in [5, 5.41) is 11.3. The second-order valence-electron chi connectivity index (χ2n) is 6.42. The fraction of sp³-hybridized carbons (Fsp3) is 0.412. The van der Waals surface area contributed by atoms with Crippen LogP contribution in [0, 0.1) is 0 Å². The van der Waals surface area contributed by atoms with E-state index in [0.29, 0.717) is 30.4 Å². The van der Waals surface area contributed by atoms with Crippen molar-refractivity contribution in [2.45, 2.75) is 18.6 Å². The van der Waals surface area contributed by atoms with Gasteiger partial charge in [0, 0.05) is 33.2 Å². The van der Waals surface area contributed by atoms with Gasteiger partial charge in [-0.15, -0.1) is 0 Å². The van der Waals surface area contributed by atoms with Gasteiger partial charge in [-0.1, -0.05) is 41.9 Å². The Morgan fingerprint density at radius 1 is 1.33 bits per heavy atom. The highest BCUT2D eigenvalue weighted by molar-refractivity contribution is 6.35. The van der Waals surface area contributed by atoms with Crippen LogP contribution in [0.2, 0.25) is 5.02 Å². The smallest absolute Gasteiger partial charge is 0.152 e. The average molecular weight is 348 g/mol. The number of halogens is 1. The van der Waals surface area contributed by atoms with E-state index in [1.54, 1.807) is 0 Å². The van der Waals surface area contributed by atoms with E-state index in [9.17, 15) is 5.11 Å². The number of nitrogen functional groups attached to an aromatic ring is 1. The van der Waals surface area contributed by atoms with E-state index in [0.717, 1.165) is 13.1 Å². The number of likely N-dealkylation sites (N-methyl/N-ethyl adjacent to an activating group) is 1.